The molecular weight excluding hydrogens is 366 g/mol. The van der Waals surface area contributed by atoms with E-state index in [1.54, 1.807) is 0 Å². The first kappa shape index (κ1) is 16.5. The van der Waals surface area contributed by atoms with Gasteiger partial charge in [0, 0.05) is 10.0 Å². The van der Waals surface area contributed by atoms with E-state index < -0.39 is 0 Å². The van der Waals surface area contributed by atoms with Crippen molar-refractivity contribution in [3.8, 4) is 0 Å². The second-order valence-electron chi connectivity index (χ2n) is 5.67. The molecule has 5 heteroatoms. The topological polar surface area (TPSA) is 46.9 Å². The second-order valence-corrected chi connectivity index (χ2v) is 6.79. The Kier molecular flexibility index (Phi) is 4.81. The Labute approximate surface area is 149 Å². The number of carbonyl (C=O) groups is 1. The number of imidazole rings is 1. The SMILES string of the molecule is C=C(Br)Cn1c(CNC(=O)c2ccc(C)cc2)nc2ccccc21. The maximum Gasteiger partial charge on any atom is 0.251 e. The summed E-state index contributed by atoms with van der Waals surface area (Å²) >= 11 is 3.41. The highest BCUT2D eigenvalue weighted by atomic mass is 79.9. The molecule has 0 aliphatic carbocycles. The number of nitrogens with zero attached hydrogens (tertiary/aromatic N) is 2. The lowest BCUT2D eigenvalue weighted by Crippen LogP contribution is -2.24. The van der Waals surface area contributed by atoms with E-state index in [9.17, 15) is 4.79 Å². The van der Waals surface area contributed by atoms with Crippen molar-refractivity contribution in [1.82, 2.24) is 14.9 Å². The zero-order chi connectivity index (χ0) is 17.1. The van der Waals surface area contributed by atoms with E-state index in [-0.39, 0.29) is 5.91 Å². The number of hydrogen-bond acceptors (Lipinski definition) is 2. The molecule has 0 radical (unpaired) electrons. The van der Waals surface area contributed by atoms with E-state index in [1.807, 2.05) is 55.5 Å². The van der Waals surface area contributed by atoms with Crippen LogP contribution in [0.2, 0.25) is 0 Å². The lowest BCUT2D eigenvalue weighted by Gasteiger charge is -2.09. The predicted octanol–water partition coefficient (Wildman–Crippen LogP) is 4.18. The Morgan fingerprint density at radius 3 is 2.62 bits per heavy atom. The zero-order valence-electron chi connectivity index (χ0n) is 13.4. The van der Waals surface area contributed by atoms with Crippen LogP contribution in [-0.2, 0) is 13.1 Å². The number of fused-ring (bicyclic) bond motifs is 1. The molecule has 0 spiro atoms. The summed E-state index contributed by atoms with van der Waals surface area (Å²) in [5.41, 5.74) is 3.71. The average Bonchev–Trinajstić information content (AvgIpc) is 2.90. The molecule has 1 N–H and O–H groups in total. The van der Waals surface area contributed by atoms with Crippen LogP contribution in [0.4, 0.5) is 0 Å². The van der Waals surface area contributed by atoms with Gasteiger partial charge in [0.05, 0.1) is 24.1 Å². The number of aromatic nitrogens is 2. The van der Waals surface area contributed by atoms with E-state index in [0.717, 1.165) is 26.9 Å². The minimum Gasteiger partial charge on any atom is -0.345 e. The number of halogens is 1. The molecule has 3 rings (SSSR count). The van der Waals surface area contributed by atoms with Crippen molar-refractivity contribution in [2.24, 2.45) is 0 Å². The van der Waals surface area contributed by atoms with Crippen molar-refractivity contribution in [3.05, 3.63) is 76.5 Å². The third kappa shape index (κ3) is 3.57. The molecule has 0 bridgehead atoms. The van der Waals surface area contributed by atoms with Crippen LogP contribution < -0.4 is 5.32 Å². The van der Waals surface area contributed by atoms with Crippen molar-refractivity contribution in [3.63, 3.8) is 0 Å². The zero-order valence-corrected chi connectivity index (χ0v) is 15.0. The van der Waals surface area contributed by atoms with Gasteiger partial charge >= 0.3 is 0 Å². The Morgan fingerprint density at radius 2 is 1.92 bits per heavy atom. The highest BCUT2D eigenvalue weighted by molar-refractivity contribution is 9.11. The lowest BCUT2D eigenvalue weighted by molar-refractivity contribution is 0.0949. The van der Waals surface area contributed by atoms with Gasteiger partial charge in [-0.05, 0) is 31.2 Å². The van der Waals surface area contributed by atoms with Crippen molar-refractivity contribution in [1.29, 1.82) is 0 Å². The number of rotatable bonds is 5. The molecule has 0 aliphatic heterocycles. The summed E-state index contributed by atoms with van der Waals surface area (Å²) in [7, 11) is 0. The van der Waals surface area contributed by atoms with E-state index in [2.05, 4.69) is 37.4 Å². The Morgan fingerprint density at radius 1 is 1.21 bits per heavy atom. The highest BCUT2D eigenvalue weighted by Crippen LogP contribution is 2.19. The van der Waals surface area contributed by atoms with Crippen LogP contribution in [0.1, 0.15) is 21.7 Å². The average molecular weight is 384 g/mol. The van der Waals surface area contributed by atoms with Crippen LogP contribution >= 0.6 is 15.9 Å². The van der Waals surface area contributed by atoms with Crippen LogP contribution in [0.15, 0.2) is 59.6 Å². The predicted molar refractivity (Wildman–Crippen MR) is 100 cm³/mol. The molecule has 0 saturated carbocycles. The van der Waals surface area contributed by atoms with Gasteiger partial charge in [-0.25, -0.2) is 4.98 Å². The molecule has 3 aromatic rings. The van der Waals surface area contributed by atoms with Gasteiger partial charge in [-0.3, -0.25) is 4.79 Å². The van der Waals surface area contributed by atoms with Gasteiger partial charge in [-0.15, -0.1) is 0 Å². The molecule has 0 fully saturated rings. The van der Waals surface area contributed by atoms with E-state index in [1.165, 1.54) is 0 Å². The number of aryl methyl sites for hydroxylation is 1. The Bertz CT molecular complexity index is 897. The third-order valence-electron chi connectivity index (χ3n) is 3.78. The maximum absolute atomic E-state index is 12.3. The number of carbonyl (C=O) groups excluding carboxylic acids is 1. The fraction of sp³-hybridized carbons (Fsp3) is 0.158. The second kappa shape index (κ2) is 7.01. The maximum atomic E-state index is 12.3. The van der Waals surface area contributed by atoms with Gasteiger partial charge < -0.3 is 9.88 Å². The van der Waals surface area contributed by atoms with Crippen LogP contribution in [0.3, 0.4) is 0 Å². The monoisotopic (exact) mass is 383 g/mol. The summed E-state index contributed by atoms with van der Waals surface area (Å²) in [5, 5.41) is 2.94. The molecule has 0 saturated heterocycles. The summed E-state index contributed by atoms with van der Waals surface area (Å²) in [6.07, 6.45) is 0. The lowest BCUT2D eigenvalue weighted by atomic mass is 10.1. The molecular formula is C19H18BrN3O. The third-order valence-corrected chi connectivity index (χ3v) is 4.03. The molecule has 1 heterocycles. The van der Waals surface area contributed by atoms with E-state index in [0.29, 0.717) is 18.7 Å². The van der Waals surface area contributed by atoms with E-state index in [4.69, 9.17) is 0 Å². The van der Waals surface area contributed by atoms with Crippen LogP contribution in [-0.4, -0.2) is 15.5 Å². The van der Waals surface area contributed by atoms with Gasteiger partial charge in [0.2, 0.25) is 0 Å². The molecule has 4 nitrogen and oxygen atoms in total. The molecule has 1 aromatic heterocycles. The first-order valence-corrected chi connectivity index (χ1v) is 8.46. The summed E-state index contributed by atoms with van der Waals surface area (Å²) < 4.78 is 2.92. The van der Waals surface area contributed by atoms with Crippen LogP contribution in [0.25, 0.3) is 11.0 Å². The number of benzene rings is 2. The number of nitrogens with one attached hydrogen (secondary N) is 1. The number of hydrogen-bond donors (Lipinski definition) is 1. The molecule has 0 aliphatic rings. The van der Waals surface area contributed by atoms with Gasteiger partial charge in [0.25, 0.3) is 5.91 Å². The molecule has 24 heavy (non-hydrogen) atoms. The Balaban J connectivity index is 1.82. The van der Waals surface area contributed by atoms with E-state index >= 15 is 0 Å². The van der Waals surface area contributed by atoms with Gasteiger partial charge in [-0.1, -0.05) is 52.3 Å². The fourth-order valence-electron chi connectivity index (χ4n) is 2.57. The number of allylic oxidation sites excluding steroid dienone is 1. The van der Waals surface area contributed by atoms with Crippen molar-refractivity contribution in [2.45, 2.75) is 20.0 Å². The van der Waals surface area contributed by atoms with Crippen LogP contribution in [0.5, 0.6) is 0 Å². The minimum absolute atomic E-state index is 0.105. The Hall–Kier alpha value is -2.40. The molecule has 0 atom stereocenters. The fourth-order valence-corrected chi connectivity index (χ4v) is 2.83. The van der Waals surface area contributed by atoms with Gasteiger partial charge in [0.15, 0.2) is 0 Å². The number of amides is 1. The highest BCUT2D eigenvalue weighted by Gasteiger charge is 2.12. The number of para-hydroxylation sites is 2. The van der Waals surface area contributed by atoms with Gasteiger partial charge in [0.1, 0.15) is 5.82 Å². The molecule has 2 aromatic carbocycles. The first-order valence-electron chi connectivity index (χ1n) is 7.67. The quantitative estimate of drug-likeness (QED) is 0.717. The van der Waals surface area contributed by atoms with Crippen molar-refractivity contribution < 1.29 is 4.79 Å². The summed E-state index contributed by atoms with van der Waals surface area (Å²) in [5.74, 6) is 0.698. The molecule has 1 amide bonds. The van der Waals surface area contributed by atoms with Crippen LogP contribution in [0, 0.1) is 6.92 Å². The first-order chi connectivity index (χ1) is 11.5. The van der Waals surface area contributed by atoms with Gasteiger partial charge in [-0.2, -0.15) is 0 Å². The smallest absolute Gasteiger partial charge is 0.251 e. The normalized spacial score (nSPS) is 10.8. The minimum atomic E-state index is -0.105. The summed E-state index contributed by atoms with van der Waals surface area (Å²) in [4.78, 5) is 16.9. The van der Waals surface area contributed by atoms with Crippen molar-refractivity contribution in [2.75, 3.05) is 0 Å². The summed E-state index contributed by atoms with van der Waals surface area (Å²) in [6.45, 7) is 6.88. The molecule has 0 unspecified atom stereocenters. The summed E-state index contributed by atoms with van der Waals surface area (Å²) in [6, 6.07) is 15.4. The molecule has 122 valence electrons. The largest absolute Gasteiger partial charge is 0.345 e. The van der Waals surface area contributed by atoms with Crippen molar-refractivity contribution >= 4 is 32.9 Å². The standard InChI is InChI=1S/C19H18BrN3O/c1-13-7-9-15(10-8-13)19(24)21-11-18-22-16-5-3-4-6-17(16)23(18)12-14(2)20/h3-10H,2,11-12H2,1H3,(H,21,24).